The molecule has 0 aliphatic carbocycles. The Morgan fingerprint density at radius 3 is 2.37 bits per heavy atom. The number of carbonyl (C=O) groups is 3. The van der Waals surface area contributed by atoms with E-state index < -0.39 is 91.2 Å². The minimum atomic E-state index is -5.64. The first-order chi connectivity index (χ1) is 27.4. The quantitative estimate of drug-likeness (QED) is 0.0446. The predicted molar refractivity (Wildman–Crippen MR) is 207 cm³/mol. The Bertz CT molecular complexity index is 2010. The van der Waals surface area contributed by atoms with Crippen LogP contribution >= 0.6 is 36.1 Å². The van der Waals surface area contributed by atoms with E-state index in [1.165, 1.54) is 44.2 Å². The number of ether oxygens (including phenoxy) is 1. The van der Waals surface area contributed by atoms with Crippen LogP contribution in [0.4, 0.5) is 17.3 Å². The fourth-order valence-electron chi connectivity index (χ4n) is 5.47. The molecule has 2 unspecified atom stereocenters. The second kappa shape index (κ2) is 19.9. The third kappa shape index (κ3) is 13.5. The summed E-state index contributed by atoms with van der Waals surface area (Å²) in [4.78, 5) is 87.5. The minimum Gasteiger partial charge on any atom is -0.508 e. The van der Waals surface area contributed by atoms with Crippen LogP contribution in [0, 0.1) is 5.41 Å². The molecule has 1 saturated heterocycles. The van der Waals surface area contributed by atoms with Gasteiger partial charge in [-0.05, 0) is 23.8 Å². The highest BCUT2D eigenvalue weighted by Crippen LogP contribution is 2.61. The maximum Gasteiger partial charge on any atom is 0.481 e. The number of amides is 3. The number of carbonyl (C=O) groups excluding carboxylic acids is 3. The molecule has 1 aromatic heterocycles. The van der Waals surface area contributed by atoms with Gasteiger partial charge in [0.15, 0.2) is 17.9 Å². The largest absolute Gasteiger partial charge is 0.508 e. The Kier molecular flexibility index (Phi) is 16.2. The third-order valence-electron chi connectivity index (χ3n) is 8.40. The number of aromatic nitrogens is 2. The Labute approximate surface area is 341 Å². The molecule has 2 aromatic rings. The highest BCUT2D eigenvalue weighted by atomic mass is 32.1. The van der Waals surface area contributed by atoms with Crippen molar-refractivity contribution in [2.45, 2.75) is 50.9 Å². The van der Waals surface area contributed by atoms with Crippen LogP contribution in [0.15, 0.2) is 36.7 Å². The summed E-state index contributed by atoms with van der Waals surface area (Å²) < 4.78 is 61.8. The lowest BCUT2D eigenvalue weighted by molar-refractivity contribution is -0.137. The van der Waals surface area contributed by atoms with Gasteiger partial charge in [-0.25, -0.2) is 23.7 Å². The van der Waals surface area contributed by atoms with E-state index in [1.807, 2.05) is 0 Å². The number of aliphatic hydroxyl groups excluding tert-OH is 2. The average molecular weight is 916 g/mol. The smallest absolute Gasteiger partial charge is 0.481 e. The molecule has 25 nitrogen and oxygen atoms in total. The summed E-state index contributed by atoms with van der Waals surface area (Å²) in [7, 11) is -16.6. The molecule has 0 bridgehead atoms. The summed E-state index contributed by atoms with van der Waals surface area (Å²) in [5.74, 6) is -1.91. The molecule has 1 fully saturated rings. The molecule has 1 aromatic carbocycles. The molecule has 11 N–H and O–H groups in total. The summed E-state index contributed by atoms with van der Waals surface area (Å²) in [6, 6.07) is 5.86. The van der Waals surface area contributed by atoms with Gasteiger partial charge in [-0.15, -0.1) is 0 Å². The molecule has 29 heteroatoms. The molecular formula is C30H44N7O18P3S. The zero-order valence-corrected chi connectivity index (χ0v) is 34.7. The lowest BCUT2D eigenvalue weighted by Gasteiger charge is -2.30. The summed E-state index contributed by atoms with van der Waals surface area (Å²) in [5.41, 5.74) is 4.95. The number of aliphatic hydroxyl groups is 2. The highest BCUT2D eigenvalue weighted by molar-refractivity contribution is 7.80. The van der Waals surface area contributed by atoms with E-state index in [1.54, 1.807) is 0 Å². The van der Waals surface area contributed by atoms with Crippen molar-refractivity contribution in [2.24, 2.45) is 5.41 Å². The number of benzene rings is 1. The molecule has 2 aliphatic heterocycles. The zero-order valence-electron chi connectivity index (χ0n) is 31.2. The number of nitrogens with zero attached hydrogens (tertiary/aromatic N) is 4. The molecule has 2 aliphatic rings. The number of rotatable bonds is 20. The number of aromatic hydroxyl groups is 1. The SMILES string of the molecule is CC(C)(COP(=O)(O)OP(=O)(O)OC[C@H]1O[C@@H](N2CN(C(=O)/C=C/c3ccc(O)cc3)c3c(N)ncnc32)[C@H](O)[C@@H]1OP(=O)(O)O)[C@@H](O)C(=O)NCCC(=O)NCCS. The summed E-state index contributed by atoms with van der Waals surface area (Å²) in [6.45, 7) is 0.0924. The molecular weight excluding hydrogens is 871 g/mol. The lowest BCUT2D eigenvalue weighted by atomic mass is 9.87. The molecule has 0 radical (unpaired) electrons. The van der Waals surface area contributed by atoms with Crippen molar-refractivity contribution in [3.63, 3.8) is 0 Å². The van der Waals surface area contributed by atoms with Gasteiger partial charge >= 0.3 is 23.5 Å². The van der Waals surface area contributed by atoms with E-state index in [9.17, 15) is 63.0 Å². The maximum atomic E-state index is 13.4. The number of nitrogens with two attached hydrogens (primary N) is 1. The Morgan fingerprint density at radius 2 is 1.73 bits per heavy atom. The number of hydrogen-bond acceptors (Lipinski definition) is 19. The molecule has 0 saturated carbocycles. The molecule has 3 amide bonds. The maximum absolute atomic E-state index is 13.4. The molecule has 59 heavy (non-hydrogen) atoms. The van der Waals surface area contributed by atoms with E-state index in [2.05, 4.69) is 37.5 Å². The van der Waals surface area contributed by atoms with Crippen LogP contribution in [0.25, 0.3) is 6.08 Å². The number of fused-ring (bicyclic) bond motifs is 1. The highest BCUT2D eigenvalue weighted by Gasteiger charge is 2.53. The summed E-state index contributed by atoms with van der Waals surface area (Å²) in [5, 5.41) is 36.1. The standard InChI is InChI=1S/C30H44N7O18P3S/c1-30(2,25(42)28(43)33-10-9-20(39)32-11-12-59)14-52-58(49,50)55-57(47,48)51-13-19-24(54-56(44,45)46)23(41)29(53-19)37-16-36(22-26(31)34-15-35-27(22)37)21(40)8-5-17-3-6-18(38)7-4-17/h3-8,15,19,23-25,29,38,41-42,59H,9-14,16H2,1-2H3,(H,32,39)(H,33,43)(H,47,48)(H,49,50)(H2,31,34,35)(H2,44,45,46)/b8-5+/t19-,23-,24-,25+,29-/m1/s1. The summed E-state index contributed by atoms with van der Waals surface area (Å²) >= 11 is 3.96. The van der Waals surface area contributed by atoms with E-state index in [0.29, 0.717) is 17.9 Å². The van der Waals surface area contributed by atoms with Crippen molar-refractivity contribution >= 4 is 77.2 Å². The van der Waals surface area contributed by atoms with Crippen LogP contribution in [-0.4, -0.2) is 132 Å². The van der Waals surface area contributed by atoms with Crippen LogP contribution in [0.5, 0.6) is 5.75 Å². The van der Waals surface area contributed by atoms with Crippen molar-refractivity contribution < 1.29 is 85.6 Å². The van der Waals surface area contributed by atoms with Gasteiger partial charge in [0.1, 0.15) is 48.8 Å². The number of phenols is 1. The number of phenolic OH excluding ortho intramolecular Hbond substituents is 1. The molecule has 0 spiro atoms. The van der Waals surface area contributed by atoms with Gasteiger partial charge in [-0.1, -0.05) is 26.0 Å². The molecule has 7 atom stereocenters. The predicted octanol–water partition coefficient (Wildman–Crippen LogP) is -0.658. The first-order valence-electron chi connectivity index (χ1n) is 17.2. The van der Waals surface area contributed by atoms with Gasteiger partial charge in [-0.3, -0.25) is 32.9 Å². The van der Waals surface area contributed by atoms with Crippen LogP contribution in [0.1, 0.15) is 25.8 Å². The normalized spacial score (nSPS) is 22.1. The number of phosphoric ester groups is 3. The van der Waals surface area contributed by atoms with Gasteiger partial charge < -0.3 is 60.9 Å². The Morgan fingerprint density at radius 1 is 1.07 bits per heavy atom. The van der Waals surface area contributed by atoms with E-state index in [4.69, 9.17) is 24.0 Å². The number of thiol groups is 1. The first kappa shape index (κ1) is 48.1. The van der Waals surface area contributed by atoms with Gasteiger partial charge in [0.2, 0.25) is 11.8 Å². The lowest BCUT2D eigenvalue weighted by Crippen LogP contribution is -2.47. The monoisotopic (exact) mass is 915 g/mol. The molecule has 4 rings (SSSR count). The van der Waals surface area contributed by atoms with E-state index >= 15 is 0 Å². The second-order valence-electron chi connectivity index (χ2n) is 13.4. The van der Waals surface area contributed by atoms with Crippen molar-refractivity contribution in [1.82, 2.24) is 20.6 Å². The molecule has 328 valence electrons. The molecule has 3 heterocycles. The fourth-order valence-corrected chi connectivity index (χ4v) is 8.41. The minimum absolute atomic E-state index is 0.00276. The van der Waals surface area contributed by atoms with Crippen LogP contribution < -0.4 is 26.2 Å². The number of nitrogens with one attached hydrogen (secondary N) is 2. The average Bonchev–Trinajstić information content (AvgIpc) is 3.68. The van der Waals surface area contributed by atoms with E-state index in [-0.39, 0.29) is 41.9 Å². The van der Waals surface area contributed by atoms with Crippen LogP contribution in [0.2, 0.25) is 0 Å². The first-order valence-corrected chi connectivity index (χ1v) is 22.3. The Balaban J connectivity index is 1.42. The van der Waals surface area contributed by atoms with Gasteiger partial charge in [0.25, 0.3) is 5.91 Å². The number of phosphoric acid groups is 3. The third-order valence-corrected chi connectivity index (χ3v) is 11.7. The van der Waals surface area contributed by atoms with Crippen LogP contribution in [0.3, 0.4) is 0 Å². The van der Waals surface area contributed by atoms with Crippen molar-refractivity contribution in [1.29, 1.82) is 0 Å². The van der Waals surface area contributed by atoms with E-state index in [0.717, 1.165) is 22.2 Å². The van der Waals surface area contributed by atoms with Crippen molar-refractivity contribution in [3.05, 3.63) is 42.2 Å². The zero-order chi connectivity index (χ0) is 43.9. The van der Waals surface area contributed by atoms with Crippen molar-refractivity contribution in [2.75, 3.05) is 54.3 Å². The number of anilines is 3. The summed E-state index contributed by atoms with van der Waals surface area (Å²) in [6.07, 6.45) is -5.90. The number of hydrogen-bond donors (Lipinski definition) is 11. The Hall–Kier alpha value is -3.55. The van der Waals surface area contributed by atoms with Gasteiger partial charge in [0, 0.05) is 36.8 Å². The van der Waals surface area contributed by atoms with Gasteiger partial charge in [0.05, 0.1) is 13.2 Å². The topological polar surface area (TPSA) is 373 Å². The van der Waals surface area contributed by atoms with Gasteiger partial charge in [-0.2, -0.15) is 16.9 Å². The van der Waals surface area contributed by atoms with Crippen molar-refractivity contribution in [3.8, 4) is 5.75 Å². The second-order valence-corrected chi connectivity index (χ2v) is 18.1. The fraction of sp³-hybridized carbons (Fsp3) is 0.500. The van der Waals surface area contributed by atoms with Crippen LogP contribution in [-0.2, 0) is 50.7 Å². The number of nitrogen functional groups attached to an aromatic ring is 1.